The number of rotatable bonds is 3. The average molecular weight is 219 g/mol. The molecule has 1 fully saturated rings. The van der Waals surface area contributed by atoms with Gasteiger partial charge in [-0.25, -0.2) is 0 Å². The monoisotopic (exact) mass is 219 g/mol. The van der Waals surface area contributed by atoms with Crippen LogP contribution in [0.25, 0.3) is 0 Å². The van der Waals surface area contributed by atoms with Gasteiger partial charge in [0, 0.05) is 12.6 Å². The van der Waals surface area contributed by atoms with Gasteiger partial charge in [0.1, 0.15) is 0 Å². The normalized spacial score (nSPS) is 30.2. The zero-order valence-corrected chi connectivity index (χ0v) is 10.2. The summed E-state index contributed by atoms with van der Waals surface area (Å²) >= 11 is 0. The second-order valence-corrected chi connectivity index (χ2v) is 4.54. The highest BCUT2D eigenvalue weighted by Gasteiger charge is 2.36. The highest BCUT2D eigenvalue weighted by Crippen LogP contribution is 2.37. The molecule has 2 heteroatoms. The minimum absolute atomic E-state index is 0.0762. The molecule has 1 N–H and O–H groups in total. The Bertz CT molecular complexity index is 325. The maximum absolute atomic E-state index is 6.09. The predicted octanol–water partition coefficient (Wildman–Crippen LogP) is 2.69. The van der Waals surface area contributed by atoms with Gasteiger partial charge < -0.3 is 10.1 Å². The molecular formula is C14H21NO. The lowest BCUT2D eigenvalue weighted by Gasteiger charge is -2.41. The molecule has 0 amide bonds. The summed E-state index contributed by atoms with van der Waals surface area (Å²) in [5.41, 5.74) is 1.24. The van der Waals surface area contributed by atoms with Crippen LogP contribution in [0.15, 0.2) is 30.3 Å². The van der Waals surface area contributed by atoms with E-state index >= 15 is 0 Å². The van der Waals surface area contributed by atoms with E-state index in [0.717, 1.165) is 25.9 Å². The molecule has 0 saturated carbocycles. The minimum Gasteiger partial charge on any atom is -0.370 e. The van der Waals surface area contributed by atoms with E-state index in [2.05, 4.69) is 42.6 Å². The van der Waals surface area contributed by atoms with Crippen LogP contribution < -0.4 is 5.32 Å². The van der Waals surface area contributed by atoms with Crippen molar-refractivity contribution in [3.8, 4) is 0 Å². The third-order valence-electron chi connectivity index (χ3n) is 3.70. The Balaban J connectivity index is 2.25. The summed E-state index contributed by atoms with van der Waals surface area (Å²) in [5, 5.41) is 3.38. The quantitative estimate of drug-likeness (QED) is 0.844. The van der Waals surface area contributed by atoms with Crippen LogP contribution in [0.3, 0.4) is 0 Å². The lowest BCUT2D eigenvalue weighted by atomic mass is 9.82. The van der Waals surface area contributed by atoms with Gasteiger partial charge in [-0.05, 0) is 31.9 Å². The van der Waals surface area contributed by atoms with Crippen LogP contribution in [0, 0.1) is 0 Å². The topological polar surface area (TPSA) is 21.3 Å². The molecule has 0 aromatic heterocycles. The fraction of sp³-hybridized carbons (Fsp3) is 0.571. The molecule has 1 aliphatic heterocycles. The lowest BCUT2D eigenvalue weighted by Crippen LogP contribution is -2.43. The van der Waals surface area contributed by atoms with Gasteiger partial charge in [-0.2, -0.15) is 0 Å². The molecule has 0 spiro atoms. The van der Waals surface area contributed by atoms with Gasteiger partial charge >= 0.3 is 0 Å². The Hall–Kier alpha value is -0.860. The van der Waals surface area contributed by atoms with E-state index in [0.29, 0.717) is 6.04 Å². The van der Waals surface area contributed by atoms with Crippen molar-refractivity contribution < 1.29 is 4.74 Å². The van der Waals surface area contributed by atoms with Crippen molar-refractivity contribution in [2.75, 3.05) is 13.7 Å². The fourth-order valence-electron chi connectivity index (χ4n) is 2.60. The first-order valence-electron chi connectivity index (χ1n) is 6.17. The first kappa shape index (κ1) is 11.6. The first-order valence-corrected chi connectivity index (χ1v) is 6.17. The Morgan fingerprint density at radius 1 is 1.38 bits per heavy atom. The van der Waals surface area contributed by atoms with E-state index in [-0.39, 0.29) is 5.60 Å². The van der Waals surface area contributed by atoms with Crippen molar-refractivity contribution in [2.45, 2.75) is 37.8 Å². The van der Waals surface area contributed by atoms with Gasteiger partial charge in [-0.3, -0.25) is 0 Å². The molecule has 2 rings (SSSR count). The Kier molecular flexibility index (Phi) is 3.62. The molecule has 1 aromatic carbocycles. The largest absolute Gasteiger partial charge is 0.370 e. The second kappa shape index (κ2) is 4.98. The zero-order chi connectivity index (χ0) is 11.4. The van der Waals surface area contributed by atoms with E-state index < -0.39 is 0 Å². The molecule has 1 aliphatic rings. The van der Waals surface area contributed by atoms with Gasteiger partial charge in [0.25, 0.3) is 0 Å². The maximum Gasteiger partial charge on any atom is 0.0943 e. The van der Waals surface area contributed by atoms with Gasteiger partial charge in [-0.1, -0.05) is 37.3 Å². The minimum atomic E-state index is -0.0762. The number of benzene rings is 1. The highest BCUT2D eigenvalue weighted by atomic mass is 16.5. The van der Waals surface area contributed by atoms with Crippen molar-refractivity contribution in [1.29, 1.82) is 0 Å². The predicted molar refractivity (Wildman–Crippen MR) is 66.4 cm³/mol. The van der Waals surface area contributed by atoms with Crippen LogP contribution in [-0.2, 0) is 10.3 Å². The molecule has 1 heterocycles. The summed E-state index contributed by atoms with van der Waals surface area (Å²) in [6, 6.07) is 11.2. The second-order valence-electron chi connectivity index (χ2n) is 4.54. The van der Waals surface area contributed by atoms with Crippen LogP contribution >= 0.6 is 0 Å². The Morgan fingerprint density at radius 2 is 2.12 bits per heavy atom. The molecule has 0 bridgehead atoms. The summed E-state index contributed by atoms with van der Waals surface area (Å²) < 4.78 is 6.09. The van der Waals surface area contributed by atoms with Gasteiger partial charge in [0.05, 0.1) is 5.60 Å². The van der Waals surface area contributed by atoms with E-state index in [4.69, 9.17) is 4.74 Å². The lowest BCUT2D eigenvalue weighted by molar-refractivity contribution is -0.0961. The van der Waals surface area contributed by atoms with E-state index in [9.17, 15) is 0 Å². The molecule has 88 valence electrons. The first-order chi connectivity index (χ1) is 7.80. The van der Waals surface area contributed by atoms with Gasteiger partial charge in [0.2, 0.25) is 0 Å². The third kappa shape index (κ3) is 2.13. The van der Waals surface area contributed by atoms with Crippen LogP contribution in [0.2, 0.25) is 0 Å². The molecule has 16 heavy (non-hydrogen) atoms. The molecule has 0 aliphatic carbocycles. The zero-order valence-electron chi connectivity index (χ0n) is 10.2. The number of nitrogens with one attached hydrogen (secondary N) is 1. The number of hydrogen-bond donors (Lipinski definition) is 1. The molecule has 1 saturated heterocycles. The SMILES string of the molecule is CCC1(c2ccccc2)CC(NC)CCO1. The average Bonchev–Trinajstić information content (AvgIpc) is 2.39. The maximum atomic E-state index is 6.09. The van der Waals surface area contributed by atoms with Gasteiger partial charge in [-0.15, -0.1) is 0 Å². The molecule has 0 radical (unpaired) electrons. The van der Waals surface area contributed by atoms with Crippen molar-refractivity contribution in [1.82, 2.24) is 5.32 Å². The molecule has 2 atom stereocenters. The molecule has 2 nitrogen and oxygen atoms in total. The summed E-state index contributed by atoms with van der Waals surface area (Å²) in [5.74, 6) is 0. The Labute approximate surface area is 98.0 Å². The fourth-order valence-corrected chi connectivity index (χ4v) is 2.60. The molecule has 1 aromatic rings. The standard InChI is InChI=1S/C14H21NO/c1-3-14(12-7-5-4-6-8-12)11-13(15-2)9-10-16-14/h4-8,13,15H,3,9-11H2,1-2H3. The van der Waals surface area contributed by atoms with Crippen LogP contribution in [0.4, 0.5) is 0 Å². The molecular weight excluding hydrogens is 198 g/mol. The van der Waals surface area contributed by atoms with Crippen LogP contribution in [0.1, 0.15) is 31.7 Å². The smallest absolute Gasteiger partial charge is 0.0943 e. The van der Waals surface area contributed by atoms with Crippen molar-refractivity contribution >= 4 is 0 Å². The van der Waals surface area contributed by atoms with Crippen molar-refractivity contribution in [3.05, 3.63) is 35.9 Å². The van der Waals surface area contributed by atoms with E-state index in [1.165, 1.54) is 5.56 Å². The summed E-state index contributed by atoms with van der Waals surface area (Å²) in [6.45, 7) is 3.07. The number of ether oxygens (including phenoxy) is 1. The third-order valence-corrected chi connectivity index (χ3v) is 3.70. The highest BCUT2D eigenvalue weighted by molar-refractivity contribution is 5.23. The van der Waals surface area contributed by atoms with Gasteiger partial charge in [0.15, 0.2) is 0 Å². The molecule has 2 unspecified atom stereocenters. The van der Waals surface area contributed by atoms with Crippen molar-refractivity contribution in [2.24, 2.45) is 0 Å². The summed E-state index contributed by atoms with van der Waals surface area (Å²) in [4.78, 5) is 0. The van der Waals surface area contributed by atoms with Crippen molar-refractivity contribution in [3.63, 3.8) is 0 Å². The van der Waals surface area contributed by atoms with Crippen LogP contribution in [0.5, 0.6) is 0 Å². The summed E-state index contributed by atoms with van der Waals surface area (Å²) in [6.07, 6.45) is 3.23. The van der Waals surface area contributed by atoms with Crippen LogP contribution in [-0.4, -0.2) is 19.7 Å². The summed E-state index contributed by atoms with van der Waals surface area (Å²) in [7, 11) is 2.04. The number of hydrogen-bond acceptors (Lipinski definition) is 2. The Morgan fingerprint density at radius 3 is 2.75 bits per heavy atom. The van der Waals surface area contributed by atoms with E-state index in [1.54, 1.807) is 0 Å². The van der Waals surface area contributed by atoms with E-state index in [1.807, 2.05) is 7.05 Å².